The third kappa shape index (κ3) is 2.80. The van der Waals surface area contributed by atoms with Crippen molar-refractivity contribution in [1.29, 1.82) is 0 Å². The van der Waals surface area contributed by atoms with Crippen molar-refractivity contribution in [3.63, 3.8) is 0 Å². The summed E-state index contributed by atoms with van der Waals surface area (Å²) in [5.74, 6) is -1.51. The molecule has 1 aliphatic carbocycles. The molecule has 112 valence electrons. The highest BCUT2D eigenvalue weighted by Crippen LogP contribution is 2.37. The van der Waals surface area contributed by atoms with Crippen molar-refractivity contribution in [1.82, 2.24) is 4.90 Å². The van der Waals surface area contributed by atoms with Crippen molar-refractivity contribution in [3.05, 3.63) is 35.9 Å². The molecule has 3 unspecified atom stereocenters. The zero-order valence-electron chi connectivity index (χ0n) is 12.1. The molecular formula is C17H21NO3. The fraction of sp³-hybridized carbons (Fsp3) is 0.529. The summed E-state index contributed by atoms with van der Waals surface area (Å²) in [7, 11) is 0. The van der Waals surface area contributed by atoms with Gasteiger partial charge in [0.1, 0.15) is 0 Å². The quantitative estimate of drug-likeness (QED) is 0.924. The van der Waals surface area contributed by atoms with E-state index >= 15 is 0 Å². The molecule has 0 bridgehead atoms. The molecule has 1 N–H and O–H groups in total. The Labute approximate surface area is 124 Å². The third-order valence-corrected chi connectivity index (χ3v) is 4.88. The van der Waals surface area contributed by atoms with Crippen LogP contribution in [0.2, 0.25) is 0 Å². The Bertz CT molecular complexity index is 528. The minimum Gasteiger partial charge on any atom is -0.481 e. The summed E-state index contributed by atoms with van der Waals surface area (Å²) in [6.45, 7) is 0.777. The van der Waals surface area contributed by atoms with Gasteiger partial charge in [-0.2, -0.15) is 0 Å². The lowest BCUT2D eigenvalue weighted by atomic mass is 9.73. The summed E-state index contributed by atoms with van der Waals surface area (Å²) in [5.41, 5.74) is 1.24. The van der Waals surface area contributed by atoms with Crippen molar-refractivity contribution < 1.29 is 14.7 Å². The number of nitrogens with zero attached hydrogens (tertiary/aromatic N) is 1. The molecule has 2 aliphatic rings. The minimum absolute atomic E-state index is 0.0621. The van der Waals surface area contributed by atoms with Gasteiger partial charge in [0.25, 0.3) is 0 Å². The molecular weight excluding hydrogens is 266 g/mol. The lowest BCUT2D eigenvalue weighted by Gasteiger charge is -2.37. The van der Waals surface area contributed by atoms with Crippen LogP contribution in [0.1, 0.15) is 31.2 Å². The van der Waals surface area contributed by atoms with E-state index in [2.05, 4.69) is 12.1 Å². The summed E-state index contributed by atoms with van der Waals surface area (Å²) in [6, 6.07) is 10.4. The Balaban J connectivity index is 1.66. The molecule has 1 aliphatic heterocycles. The van der Waals surface area contributed by atoms with Crippen LogP contribution in [0.4, 0.5) is 0 Å². The Kier molecular flexibility index (Phi) is 3.95. The van der Waals surface area contributed by atoms with Gasteiger partial charge >= 0.3 is 5.97 Å². The van der Waals surface area contributed by atoms with Crippen LogP contribution in [0.3, 0.4) is 0 Å². The Morgan fingerprint density at radius 2 is 1.81 bits per heavy atom. The van der Waals surface area contributed by atoms with Crippen LogP contribution < -0.4 is 0 Å². The van der Waals surface area contributed by atoms with E-state index < -0.39 is 11.9 Å². The second-order valence-electron chi connectivity index (χ2n) is 6.15. The number of likely N-dealkylation sites (tertiary alicyclic amines) is 1. The molecule has 3 rings (SSSR count). The molecule has 0 aromatic heterocycles. The number of carbonyl (C=O) groups excluding carboxylic acids is 1. The maximum Gasteiger partial charge on any atom is 0.307 e. The van der Waals surface area contributed by atoms with Crippen LogP contribution in [0.15, 0.2) is 30.3 Å². The maximum absolute atomic E-state index is 12.6. The van der Waals surface area contributed by atoms with Gasteiger partial charge in [0.15, 0.2) is 0 Å². The first-order chi connectivity index (χ1) is 10.2. The first kappa shape index (κ1) is 14.1. The highest BCUT2D eigenvalue weighted by molar-refractivity contribution is 5.86. The fourth-order valence-electron chi connectivity index (χ4n) is 3.53. The fourth-order valence-corrected chi connectivity index (χ4v) is 3.53. The number of amides is 1. The van der Waals surface area contributed by atoms with Gasteiger partial charge in [0.05, 0.1) is 11.8 Å². The Hall–Kier alpha value is -1.84. The van der Waals surface area contributed by atoms with Crippen molar-refractivity contribution in [2.75, 3.05) is 6.54 Å². The van der Waals surface area contributed by atoms with Crippen LogP contribution in [0.5, 0.6) is 0 Å². The van der Waals surface area contributed by atoms with E-state index in [1.54, 1.807) is 0 Å². The van der Waals surface area contributed by atoms with Crippen LogP contribution in [0.25, 0.3) is 0 Å². The number of rotatable bonds is 4. The standard InChI is InChI=1S/C17H21NO3/c19-16(14-8-9-15(14)17(20)21)18-10-4-7-13(18)11-12-5-2-1-3-6-12/h1-3,5-6,13-15H,4,7-11H2,(H,20,21). The van der Waals surface area contributed by atoms with Gasteiger partial charge in [-0.15, -0.1) is 0 Å². The van der Waals surface area contributed by atoms with Crippen LogP contribution >= 0.6 is 0 Å². The molecule has 1 aromatic rings. The molecule has 1 amide bonds. The van der Waals surface area contributed by atoms with E-state index in [4.69, 9.17) is 5.11 Å². The van der Waals surface area contributed by atoms with Gasteiger partial charge in [-0.25, -0.2) is 0 Å². The number of hydrogen-bond donors (Lipinski definition) is 1. The smallest absolute Gasteiger partial charge is 0.307 e. The molecule has 1 saturated carbocycles. The zero-order chi connectivity index (χ0) is 14.8. The number of aliphatic carboxylic acids is 1. The van der Waals surface area contributed by atoms with Gasteiger partial charge < -0.3 is 10.0 Å². The maximum atomic E-state index is 12.6. The van der Waals surface area contributed by atoms with Crippen molar-refractivity contribution in [2.45, 2.75) is 38.1 Å². The molecule has 0 radical (unpaired) electrons. The lowest BCUT2D eigenvalue weighted by Crippen LogP contribution is -2.48. The first-order valence-electron chi connectivity index (χ1n) is 7.74. The van der Waals surface area contributed by atoms with E-state index in [9.17, 15) is 9.59 Å². The zero-order valence-corrected chi connectivity index (χ0v) is 12.1. The topological polar surface area (TPSA) is 57.6 Å². The van der Waals surface area contributed by atoms with E-state index in [1.165, 1.54) is 5.56 Å². The summed E-state index contributed by atoms with van der Waals surface area (Å²) >= 11 is 0. The number of carboxylic acids is 1. The third-order valence-electron chi connectivity index (χ3n) is 4.88. The average molecular weight is 287 g/mol. The predicted octanol–water partition coefficient (Wildman–Crippen LogP) is 2.33. The van der Waals surface area contributed by atoms with Crippen LogP contribution in [-0.4, -0.2) is 34.5 Å². The SMILES string of the molecule is O=C(O)C1CCC1C(=O)N1CCCC1Cc1ccccc1. The highest BCUT2D eigenvalue weighted by atomic mass is 16.4. The van der Waals surface area contributed by atoms with Gasteiger partial charge in [-0.05, 0) is 37.7 Å². The summed E-state index contributed by atoms with van der Waals surface area (Å²) in [6.07, 6.45) is 4.28. The van der Waals surface area contributed by atoms with Crippen LogP contribution in [0, 0.1) is 11.8 Å². The van der Waals surface area contributed by atoms with Gasteiger partial charge in [-0.1, -0.05) is 30.3 Å². The lowest BCUT2D eigenvalue weighted by molar-refractivity contribution is -0.157. The summed E-state index contributed by atoms with van der Waals surface area (Å²) < 4.78 is 0. The molecule has 0 spiro atoms. The van der Waals surface area contributed by atoms with Gasteiger partial charge in [0, 0.05) is 12.6 Å². The number of hydrogen-bond acceptors (Lipinski definition) is 2. The number of benzene rings is 1. The molecule has 1 heterocycles. The monoisotopic (exact) mass is 287 g/mol. The molecule has 1 saturated heterocycles. The second-order valence-corrected chi connectivity index (χ2v) is 6.15. The van der Waals surface area contributed by atoms with Crippen LogP contribution in [-0.2, 0) is 16.0 Å². The molecule has 1 aromatic carbocycles. The van der Waals surface area contributed by atoms with Gasteiger partial charge in [0.2, 0.25) is 5.91 Å². The molecule has 21 heavy (non-hydrogen) atoms. The highest BCUT2D eigenvalue weighted by Gasteiger charge is 2.45. The van der Waals surface area contributed by atoms with Crippen molar-refractivity contribution in [2.24, 2.45) is 11.8 Å². The van der Waals surface area contributed by atoms with Crippen molar-refractivity contribution in [3.8, 4) is 0 Å². The molecule has 3 atom stereocenters. The molecule has 2 fully saturated rings. The number of carboxylic acid groups (broad SMARTS) is 1. The largest absolute Gasteiger partial charge is 0.481 e. The number of carbonyl (C=O) groups is 2. The van der Waals surface area contributed by atoms with E-state index in [-0.39, 0.29) is 17.9 Å². The predicted molar refractivity (Wildman–Crippen MR) is 78.7 cm³/mol. The molecule has 4 nitrogen and oxygen atoms in total. The Morgan fingerprint density at radius 3 is 2.43 bits per heavy atom. The first-order valence-corrected chi connectivity index (χ1v) is 7.74. The normalized spacial score (nSPS) is 28.2. The second kappa shape index (κ2) is 5.88. The van der Waals surface area contributed by atoms with E-state index in [0.717, 1.165) is 32.2 Å². The van der Waals surface area contributed by atoms with E-state index in [1.807, 2.05) is 23.1 Å². The average Bonchev–Trinajstić information content (AvgIpc) is 2.86. The molecule has 4 heteroatoms. The minimum atomic E-state index is -0.821. The van der Waals surface area contributed by atoms with Gasteiger partial charge in [-0.3, -0.25) is 9.59 Å². The van der Waals surface area contributed by atoms with Crippen molar-refractivity contribution >= 4 is 11.9 Å². The summed E-state index contributed by atoms with van der Waals surface area (Å²) in [5, 5.41) is 9.13. The van der Waals surface area contributed by atoms with E-state index in [0.29, 0.717) is 6.42 Å². The summed E-state index contributed by atoms with van der Waals surface area (Å²) in [4.78, 5) is 25.7. The Morgan fingerprint density at radius 1 is 1.10 bits per heavy atom.